The van der Waals surface area contributed by atoms with Crippen LogP contribution in [0.2, 0.25) is 0 Å². The Kier molecular flexibility index (Phi) is 25.9. The molecule has 2 heterocycles. The van der Waals surface area contributed by atoms with Gasteiger partial charge in [0.25, 0.3) is 5.97 Å². The Morgan fingerprint density at radius 1 is 0.763 bits per heavy atom. The Balaban J connectivity index is 0.00000366. The summed E-state index contributed by atoms with van der Waals surface area (Å²) in [5.41, 5.74) is 12.6. The van der Waals surface area contributed by atoms with Gasteiger partial charge in [-0.2, -0.15) is 0 Å². The Bertz CT molecular complexity index is 2410. The highest BCUT2D eigenvalue weighted by molar-refractivity contribution is 5.98. The third kappa shape index (κ3) is 21.0. The quantitative estimate of drug-likeness (QED) is 0.0240. The Morgan fingerprint density at radius 2 is 1.36 bits per heavy atom. The van der Waals surface area contributed by atoms with Crippen LogP contribution in [0.5, 0.6) is 5.75 Å². The van der Waals surface area contributed by atoms with Crippen LogP contribution in [0.15, 0.2) is 72.1 Å². The van der Waals surface area contributed by atoms with Crippen LogP contribution >= 0.6 is 0 Å². The minimum absolute atomic E-state index is 0.0144. The van der Waals surface area contributed by atoms with Gasteiger partial charge in [0, 0.05) is 51.2 Å². The standard InChI is InChI=1S/C49H71N13O10.C2H4O2/c1-6-29(4)41(46(69)58-36(24-32-25-53-27-55-32)47(70)62-21-11-15-38(62)44(67)59-37(48(71)72)23-30-12-8-7-9-13-30)61-43(66)35(22-31-16-18-33(63)19-17-31)57-45(68)40(28(2)3)60-42(65)34(56-39(64)26-52-5)14-10-20-54-49(50)51;1-2(3)4/h7-9,12-13,16-19,25,27-29,34-38,40-41,52,63H,6,10-11,14-15,20-24,26H2,1-5H3,(H,53,55)(H,56,64)(H,57,68)(H,58,69)(H,59,67)(H,60,65)(H,61,66)(H,71,72)(H4,50,51,54);1H3,(H,3,4). The number of aromatic hydroxyl groups is 1. The molecule has 1 aromatic heterocycles. The molecule has 1 fully saturated rings. The number of phenols is 1. The molecule has 7 amide bonds. The normalized spacial score (nSPS) is 15.6. The van der Waals surface area contributed by atoms with Gasteiger partial charge < -0.3 is 73.9 Å². The average Bonchev–Trinajstić information content (AvgIpc) is 4.09. The van der Waals surface area contributed by atoms with E-state index in [0.29, 0.717) is 36.1 Å². The number of benzene rings is 2. The summed E-state index contributed by atoms with van der Waals surface area (Å²) in [7, 11) is 1.57. The smallest absolute Gasteiger partial charge is 0.326 e. The molecular formula is C51H75N13O12. The van der Waals surface area contributed by atoms with E-state index in [1.54, 1.807) is 77.2 Å². The topological polar surface area (TPSA) is 395 Å². The number of amides is 7. The molecule has 0 aliphatic carbocycles. The zero-order valence-electron chi connectivity index (χ0n) is 43.8. The van der Waals surface area contributed by atoms with Gasteiger partial charge in [-0.1, -0.05) is 76.6 Å². The number of carbonyl (C=O) groups is 9. The lowest BCUT2D eigenvalue weighted by Crippen LogP contribution is -2.62. The van der Waals surface area contributed by atoms with Crippen molar-refractivity contribution in [2.45, 2.75) is 128 Å². The van der Waals surface area contributed by atoms with Gasteiger partial charge in [0.05, 0.1) is 12.9 Å². The number of likely N-dealkylation sites (N-methyl/N-ethyl adjacent to an activating group) is 1. The molecule has 76 heavy (non-hydrogen) atoms. The molecule has 25 nitrogen and oxygen atoms in total. The van der Waals surface area contributed by atoms with Crippen LogP contribution in [0.3, 0.4) is 0 Å². The van der Waals surface area contributed by atoms with Crippen molar-refractivity contribution in [1.29, 1.82) is 0 Å². The average molecular weight is 1060 g/mol. The lowest BCUT2D eigenvalue weighted by molar-refractivity contribution is -0.145. The largest absolute Gasteiger partial charge is 0.508 e. The van der Waals surface area contributed by atoms with E-state index in [4.69, 9.17) is 21.4 Å². The van der Waals surface area contributed by atoms with Crippen LogP contribution in [-0.4, -0.2) is 158 Å². The molecule has 8 atom stereocenters. The summed E-state index contributed by atoms with van der Waals surface area (Å²) in [4.78, 5) is 131. The molecule has 1 saturated heterocycles. The number of H-pyrrole nitrogens is 1. The number of imidazole rings is 1. The number of nitrogens with one attached hydrogen (secondary N) is 8. The second-order valence-electron chi connectivity index (χ2n) is 18.8. The number of hydrogen-bond donors (Lipinski definition) is 13. The molecule has 8 unspecified atom stereocenters. The van der Waals surface area contributed by atoms with E-state index < -0.39 is 107 Å². The van der Waals surface area contributed by atoms with Gasteiger partial charge in [-0.15, -0.1) is 0 Å². The molecular weight excluding hydrogens is 987 g/mol. The number of aromatic nitrogens is 2. The summed E-state index contributed by atoms with van der Waals surface area (Å²) >= 11 is 0. The van der Waals surface area contributed by atoms with Crippen LogP contribution in [0.4, 0.5) is 0 Å². The van der Waals surface area contributed by atoms with Gasteiger partial charge in [0.2, 0.25) is 41.4 Å². The number of likely N-dealkylation sites (tertiary alicyclic amines) is 1. The van der Waals surface area contributed by atoms with Crippen molar-refractivity contribution in [3.8, 4) is 5.75 Å². The third-order valence-corrected chi connectivity index (χ3v) is 12.3. The summed E-state index contributed by atoms with van der Waals surface area (Å²) in [5.74, 6) is -7.99. The summed E-state index contributed by atoms with van der Waals surface area (Å²) < 4.78 is 0. The van der Waals surface area contributed by atoms with E-state index in [1.807, 2.05) is 0 Å². The maximum atomic E-state index is 14.5. The molecule has 0 saturated carbocycles. The highest BCUT2D eigenvalue weighted by atomic mass is 16.4. The van der Waals surface area contributed by atoms with Crippen LogP contribution < -0.4 is 48.7 Å². The first-order valence-electron chi connectivity index (χ1n) is 25.1. The van der Waals surface area contributed by atoms with E-state index in [2.05, 4.69) is 52.2 Å². The van der Waals surface area contributed by atoms with Crippen LogP contribution in [0.1, 0.15) is 83.5 Å². The number of carbonyl (C=O) groups excluding carboxylic acids is 7. The fourth-order valence-electron chi connectivity index (χ4n) is 8.16. The molecule has 1 aliphatic rings. The molecule has 3 aromatic rings. The number of aromatic amines is 1. The maximum Gasteiger partial charge on any atom is 0.326 e. The summed E-state index contributed by atoms with van der Waals surface area (Å²) in [5, 5.41) is 46.5. The predicted molar refractivity (Wildman–Crippen MR) is 280 cm³/mol. The molecule has 1 aliphatic heterocycles. The van der Waals surface area contributed by atoms with Gasteiger partial charge in [-0.25, -0.2) is 9.78 Å². The summed E-state index contributed by atoms with van der Waals surface area (Å²) in [6.07, 6.45) is 4.20. The van der Waals surface area contributed by atoms with E-state index in [9.17, 15) is 48.6 Å². The number of nitrogens with zero attached hydrogens (tertiary/aromatic N) is 3. The molecule has 25 heteroatoms. The molecule has 416 valence electrons. The summed E-state index contributed by atoms with van der Waals surface area (Å²) in [6, 6.07) is 6.24. The van der Waals surface area contributed by atoms with Crippen LogP contribution in [0, 0.1) is 11.8 Å². The first kappa shape index (κ1) is 62.2. The zero-order chi connectivity index (χ0) is 56.5. The number of aliphatic carboxylic acids is 2. The second kappa shape index (κ2) is 31.6. The number of rotatable bonds is 28. The summed E-state index contributed by atoms with van der Waals surface area (Å²) in [6.45, 7) is 8.24. The molecule has 0 bridgehead atoms. The SMILES string of the molecule is CC(=O)O.CCC(C)C(NC(=O)C(Cc1ccc(O)cc1)NC(=O)C(NC(=O)C(CCCN=C(N)N)NC(=O)CNC)C(C)C)C(=O)NC(Cc1cnc[nH]1)C(=O)N1CCCC1C(=O)NC(Cc1ccccc1)C(=O)O. The monoisotopic (exact) mass is 1060 g/mol. The van der Waals surface area contributed by atoms with Crippen LogP contribution in [-0.2, 0) is 62.4 Å². The van der Waals surface area contributed by atoms with Gasteiger partial charge in [-0.05, 0) is 67.8 Å². The van der Waals surface area contributed by atoms with Crippen LogP contribution in [0.25, 0.3) is 0 Å². The number of guanidine groups is 1. The first-order valence-corrected chi connectivity index (χ1v) is 25.1. The maximum absolute atomic E-state index is 14.5. The molecule has 15 N–H and O–H groups in total. The zero-order valence-corrected chi connectivity index (χ0v) is 43.8. The van der Waals surface area contributed by atoms with Gasteiger partial charge in [0.1, 0.15) is 48.0 Å². The van der Waals surface area contributed by atoms with Gasteiger partial charge in [-0.3, -0.25) is 43.3 Å². The van der Waals surface area contributed by atoms with Crippen molar-refractivity contribution < 1.29 is 58.5 Å². The number of nitrogens with two attached hydrogens (primary N) is 2. The number of hydrogen-bond acceptors (Lipinski definition) is 13. The minimum atomic E-state index is -1.35. The molecule has 2 aromatic carbocycles. The lowest BCUT2D eigenvalue weighted by Gasteiger charge is -2.32. The van der Waals surface area contributed by atoms with Crippen molar-refractivity contribution >= 4 is 59.2 Å². The van der Waals surface area contributed by atoms with Gasteiger partial charge in [0.15, 0.2) is 5.96 Å². The van der Waals surface area contributed by atoms with Gasteiger partial charge >= 0.3 is 5.97 Å². The van der Waals surface area contributed by atoms with E-state index in [0.717, 1.165) is 6.92 Å². The van der Waals surface area contributed by atoms with E-state index >= 15 is 0 Å². The molecule has 0 radical (unpaired) electrons. The Morgan fingerprint density at radius 3 is 1.93 bits per heavy atom. The fraction of sp³-hybridized carbons (Fsp3) is 0.510. The molecule has 4 rings (SSSR count). The Hall–Kier alpha value is -8.09. The Labute approximate surface area is 441 Å². The minimum Gasteiger partial charge on any atom is -0.508 e. The number of phenolic OH excluding ortho intramolecular Hbond substituents is 1. The van der Waals surface area contributed by atoms with Crippen molar-refractivity contribution in [1.82, 2.24) is 52.1 Å². The lowest BCUT2D eigenvalue weighted by atomic mass is 9.96. The second-order valence-corrected chi connectivity index (χ2v) is 18.8. The fourth-order valence-corrected chi connectivity index (χ4v) is 8.16. The highest BCUT2D eigenvalue weighted by Gasteiger charge is 2.41. The van der Waals surface area contributed by atoms with Crippen molar-refractivity contribution in [3.63, 3.8) is 0 Å². The highest BCUT2D eigenvalue weighted by Crippen LogP contribution is 2.21. The van der Waals surface area contributed by atoms with E-state index in [1.165, 1.54) is 29.6 Å². The predicted octanol–water partition coefficient (Wildman–Crippen LogP) is -0.806. The van der Waals surface area contributed by atoms with Crippen molar-refractivity contribution in [2.75, 3.05) is 26.7 Å². The van der Waals surface area contributed by atoms with Crippen molar-refractivity contribution in [3.05, 3.63) is 83.9 Å². The number of carboxylic acid groups (broad SMARTS) is 2. The van der Waals surface area contributed by atoms with Crippen molar-refractivity contribution in [2.24, 2.45) is 28.3 Å². The third-order valence-electron chi connectivity index (χ3n) is 12.3. The van der Waals surface area contributed by atoms with E-state index in [-0.39, 0.29) is 63.4 Å². The first-order chi connectivity index (χ1) is 36.0. The molecule has 0 spiro atoms. The number of aliphatic imine (C=N–C) groups is 1. The number of carboxylic acids is 2.